The largest absolute Gasteiger partial charge is 0.493 e. The van der Waals surface area contributed by atoms with E-state index in [1.54, 1.807) is 29.9 Å². The number of benzene rings is 1. The number of hydrogen-bond acceptors (Lipinski definition) is 7. The lowest BCUT2D eigenvalue weighted by Gasteiger charge is -2.31. The van der Waals surface area contributed by atoms with Crippen LogP contribution in [0.5, 0.6) is 11.5 Å². The van der Waals surface area contributed by atoms with Crippen LogP contribution in [0.15, 0.2) is 40.1 Å². The molecule has 40 heavy (non-hydrogen) atoms. The summed E-state index contributed by atoms with van der Waals surface area (Å²) in [6.45, 7) is 3.81. The number of methoxy groups -OCH3 is 1. The van der Waals surface area contributed by atoms with Gasteiger partial charge >= 0.3 is 5.69 Å². The fraction of sp³-hybridized carbons (Fsp3) is 0.517. The maximum atomic E-state index is 14.2. The standard InChI is InChI=1S/C29H35FN4O5S/c1-17(2)39-25-14-18(4-9-24(25)38-3)27(35)32-20-5-7-21(8-6-20)34-28(36)23-15-19(30)16-31-26(23)33(29(34)37)22-10-12-40-13-11-22/h4,9,14-17,20-22H,5-8,10-13H2,1-3H3,(H,32,35). The molecular formula is C29H35FN4O5S. The minimum Gasteiger partial charge on any atom is -0.493 e. The predicted molar refractivity (Wildman–Crippen MR) is 153 cm³/mol. The van der Waals surface area contributed by atoms with E-state index in [0.717, 1.165) is 30.5 Å². The van der Waals surface area contributed by atoms with Crippen LogP contribution in [0.3, 0.4) is 0 Å². The van der Waals surface area contributed by atoms with Gasteiger partial charge in [0.05, 0.1) is 24.8 Å². The number of thioether (sulfide) groups is 1. The van der Waals surface area contributed by atoms with E-state index in [1.165, 1.54) is 10.6 Å². The number of aromatic nitrogens is 3. The monoisotopic (exact) mass is 570 g/mol. The van der Waals surface area contributed by atoms with Crippen molar-refractivity contribution >= 4 is 28.7 Å². The van der Waals surface area contributed by atoms with E-state index in [0.29, 0.717) is 42.7 Å². The van der Waals surface area contributed by atoms with Gasteiger partial charge in [-0.3, -0.25) is 18.7 Å². The van der Waals surface area contributed by atoms with Gasteiger partial charge in [-0.15, -0.1) is 0 Å². The molecule has 1 aliphatic carbocycles. The number of ether oxygens (including phenoxy) is 2. The number of nitrogens with zero attached hydrogens (tertiary/aromatic N) is 3. The van der Waals surface area contributed by atoms with Crippen molar-refractivity contribution in [2.45, 2.75) is 76.6 Å². The van der Waals surface area contributed by atoms with Crippen LogP contribution in [0.4, 0.5) is 4.39 Å². The van der Waals surface area contributed by atoms with Crippen molar-refractivity contribution in [3.05, 3.63) is 62.7 Å². The summed E-state index contributed by atoms with van der Waals surface area (Å²) < 4.78 is 28.2. The van der Waals surface area contributed by atoms with Crippen LogP contribution in [0.25, 0.3) is 11.0 Å². The summed E-state index contributed by atoms with van der Waals surface area (Å²) >= 11 is 1.84. The van der Waals surface area contributed by atoms with Gasteiger partial charge in [-0.05, 0) is 88.1 Å². The third-order valence-corrected chi connectivity index (χ3v) is 8.71. The quantitative estimate of drug-likeness (QED) is 0.447. The summed E-state index contributed by atoms with van der Waals surface area (Å²) in [5, 5.41) is 3.22. The minimum atomic E-state index is -0.604. The highest BCUT2D eigenvalue weighted by Crippen LogP contribution is 2.32. The van der Waals surface area contributed by atoms with Gasteiger partial charge in [-0.1, -0.05) is 0 Å². The molecule has 2 aromatic heterocycles. The van der Waals surface area contributed by atoms with Crippen molar-refractivity contribution in [3.63, 3.8) is 0 Å². The van der Waals surface area contributed by atoms with Gasteiger partial charge in [0.15, 0.2) is 11.5 Å². The molecule has 0 spiro atoms. The molecule has 1 N–H and O–H groups in total. The molecular weight excluding hydrogens is 535 g/mol. The maximum Gasteiger partial charge on any atom is 0.333 e. The molecule has 1 saturated carbocycles. The van der Waals surface area contributed by atoms with Crippen molar-refractivity contribution in [1.82, 2.24) is 19.4 Å². The van der Waals surface area contributed by atoms with E-state index < -0.39 is 11.4 Å². The average Bonchev–Trinajstić information content (AvgIpc) is 2.94. The highest BCUT2D eigenvalue weighted by atomic mass is 32.2. The first-order valence-electron chi connectivity index (χ1n) is 13.8. The molecule has 1 saturated heterocycles. The fourth-order valence-electron chi connectivity index (χ4n) is 5.71. The topological polar surface area (TPSA) is 104 Å². The lowest BCUT2D eigenvalue weighted by Crippen LogP contribution is -2.46. The number of hydrogen-bond donors (Lipinski definition) is 1. The number of fused-ring (bicyclic) bond motifs is 1. The molecule has 214 valence electrons. The lowest BCUT2D eigenvalue weighted by molar-refractivity contribution is 0.0921. The van der Waals surface area contributed by atoms with Crippen LogP contribution in [-0.2, 0) is 0 Å². The molecule has 0 radical (unpaired) electrons. The number of halogens is 1. The molecule has 11 heteroatoms. The first-order chi connectivity index (χ1) is 19.3. The molecule has 1 amide bonds. The third-order valence-electron chi connectivity index (χ3n) is 7.66. The number of carbonyl (C=O) groups excluding carboxylic acids is 1. The number of carbonyl (C=O) groups is 1. The van der Waals surface area contributed by atoms with Crippen molar-refractivity contribution in [1.29, 1.82) is 0 Å². The Hall–Kier alpha value is -3.34. The van der Waals surface area contributed by atoms with Crippen LogP contribution in [-0.4, -0.2) is 50.8 Å². The number of rotatable bonds is 7. The van der Waals surface area contributed by atoms with E-state index in [1.807, 2.05) is 25.6 Å². The molecule has 1 aliphatic heterocycles. The summed E-state index contributed by atoms with van der Waals surface area (Å²) in [6, 6.07) is 5.75. The van der Waals surface area contributed by atoms with Crippen molar-refractivity contribution in [2.75, 3.05) is 18.6 Å². The Balaban J connectivity index is 1.35. The maximum absolute atomic E-state index is 14.2. The Morgan fingerprint density at radius 3 is 2.40 bits per heavy atom. The van der Waals surface area contributed by atoms with Crippen LogP contribution >= 0.6 is 11.8 Å². The number of amides is 1. The lowest BCUT2D eigenvalue weighted by atomic mass is 9.90. The van der Waals surface area contributed by atoms with Crippen molar-refractivity contribution < 1.29 is 18.7 Å². The second-order valence-electron chi connectivity index (χ2n) is 10.7. The van der Waals surface area contributed by atoms with E-state index in [4.69, 9.17) is 9.47 Å². The number of pyridine rings is 1. The zero-order chi connectivity index (χ0) is 28.4. The van der Waals surface area contributed by atoms with E-state index >= 15 is 0 Å². The van der Waals surface area contributed by atoms with Crippen LogP contribution in [0, 0.1) is 5.82 Å². The Bertz CT molecular complexity index is 1510. The highest BCUT2D eigenvalue weighted by Gasteiger charge is 2.30. The summed E-state index contributed by atoms with van der Waals surface area (Å²) in [6.07, 6.45) is 4.87. The predicted octanol–water partition coefficient (Wildman–Crippen LogP) is 4.47. The van der Waals surface area contributed by atoms with Crippen LogP contribution in [0.1, 0.15) is 74.8 Å². The molecule has 9 nitrogen and oxygen atoms in total. The molecule has 3 heterocycles. The molecule has 0 unspecified atom stereocenters. The van der Waals surface area contributed by atoms with E-state index in [-0.39, 0.29) is 46.9 Å². The molecule has 0 bridgehead atoms. The minimum absolute atomic E-state index is 0.0742. The molecule has 2 fully saturated rings. The SMILES string of the molecule is COc1ccc(C(=O)NC2CCC(n3c(=O)c4cc(F)cnc4n(C4CCSCC4)c3=O)CC2)cc1OC(C)C. The summed E-state index contributed by atoms with van der Waals surface area (Å²) in [5.41, 5.74) is -0.160. The molecule has 2 aliphatic rings. The van der Waals surface area contributed by atoms with Gasteiger partial charge in [0.2, 0.25) is 0 Å². The first-order valence-corrected chi connectivity index (χ1v) is 15.0. The van der Waals surface area contributed by atoms with Gasteiger partial charge < -0.3 is 14.8 Å². The normalized spacial score (nSPS) is 20.0. The molecule has 5 rings (SSSR count). The summed E-state index contributed by atoms with van der Waals surface area (Å²) in [7, 11) is 1.55. The average molecular weight is 571 g/mol. The van der Waals surface area contributed by atoms with Gasteiger partial charge in [0.25, 0.3) is 11.5 Å². The smallest absolute Gasteiger partial charge is 0.333 e. The van der Waals surface area contributed by atoms with Gasteiger partial charge in [0.1, 0.15) is 11.5 Å². The van der Waals surface area contributed by atoms with E-state index in [2.05, 4.69) is 10.3 Å². The van der Waals surface area contributed by atoms with Crippen molar-refractivity contribution in [2.24, 2.45) is 0 Å². The molecule has 1 aromatic carbocycles. The zero-order valence-electron chi connectivity index (χ0n) is 23.0. The zero-order valence-corrected chi connectivity index (χ0v) is 23.8. The van der Waals surface area contributed by atoms with Gasteiger partial charge in [0, 0.05) is 23.7 Å². The second kappa shape index (κ2) is 12.0. The van der Waals surface area contributed by atoms with Crippen LogP contribution < -0.4 is 26.0 Å². The summed E-state index contributed by atoms with van der Waals surface area (Å²) in [5.74, 6) is 2.07. The number of nitrogens with one attached hydrogen (secondary N) is 1. The van der Waals surface area contributed by atoms with Crippen molar-refractivity contribution in [3.8, 4) is 11.5 Å². The van der Waals surface area contributed by atoms with Crippen LogP contribution in [0.2, 0.25) is 0 Å². The first kappa shape index (κ1) is 28.2. The summed E-state index contributed by atoms with van der Waals surface area (Å²) in [4.78, 5) is 44.5. The second-order valence-corrected chi connectivity index (χ2v) is 11.9. The Morgan fingerprint density at radius 1 is 1.02 bits per heavy atom. The molecule has 3 aromatic rings. The van der Waals surface area contributed by atoms with Gasteiger partial charge in [-0.25, -0.2) is 14.2 Å². The third kappa shape index (κ3) is 5.75. The molecule has 0 atom stereocenters. The van der Waals surface area contributed by atoms with Gasteiger partial charge in [-0.2, -0.15) is 11.8 Å². The highest BCUT2D eigenvalue weighted by molar-refractivity contribution is 7.99. The Kier molecular flexibility index (Phi) is 8.48. The fourth-order valence-corrected chi connectivity index (χ4v) is 6.79. The Morgan fingerprint density at radius 2 is 1.73 bits per heavy atom. The van der Waals surface area contributed by atoms with E-state index in [9.17, 15) is 18.8 Å². The Labute approximate surface area is 236 Å².